The summed E-state index contributed by atoms with van der Waals surface area (Å²) < 4.78 is 24.5. The molecule has 1 saturated heterocycles. The number of hydrogen-bond donors (Lipinski definition) is 1. The van der Waals surface area contributed by atoms with Gasteiger partial charge < -0.3 is 14.3 Å². The van der Waals surface area contributed by atoms with E-state index in [1.807, 2.05) is 51.1 Å². The third-order valence-electron chi connectivity index (χ3n) is 11.2. The van der Waals surface area contributed by atoms with E-state index in [1.165, 1.54) is 15.9 Å². The number of pyridine rings is 1. The number of aromatic nitrogens is 1. The summed E-state index contributed by atoms with van der Waals surface area (Å²) in [6.45, 7) is 16.4. The number of likely N-dealkylation sites (tertiary alicyclic amines) is 1. The second-order valence-electron chi connectivity index (χ2n) is 17.4. The van der Waals surface area contributed by atoms with Crippen molar-refractivity contribution in [2.75, 3.05) is 19.7 Å². The zero-order valence-corrected chi connectivity index (χ0v) is 37.4. The summed E-state index contributed by atoms with van der Waals surface area (Å²) in [6.07, 6.45) is 1.49. The molecule has 3 atom stereocenters. The maximum absolute atomic E-state index is 14.5. The van der Waals surface area contributed by atoms with Gasteiger partial charge in [-0.25, -0.2) is 4.98 Å². The van der Waals surface area contributed by atoms with Crippen LogP contribution in [-0.2, 0) is 28.9 Å². The van der Waals surface area contributed by atoms with Gasteiger partial charge >= 0.3 is 0 Å². The number of nitrogens with one attached hydrogen (secondary N) is 1. The molecule has 0 radical (unpaired) electrons. The van der Waals surface area contributed by atoms with Gasteiger partial charge in [0.2, 0.25) is 0 Å². The average molecular weight is 864 g/mol. The summed E-state index contributed by atoms with van der Waals surface area (Å²) in [5.41, 5.74) is 5.31. The maximum Gasteiger partial charge on any atom is 0.270 e. The van der Waals surface area contributed by atoms with Gasteiger partial charge in [0.05, 0.1) is 18.3 Å². The predicted octanol–water partition coefficient (Wildman–Crippen LogP) is 8.80. The quantitative estimate of drug-likeness (QED) is 0.0999. The first-order valence-electron chi connectivity index (χ1n) is 20.0. The van der Waals surface area contributed by atoms with Gasteiger partial charge in [-0.2, -0.15) is 0 Å². The van der Waals surface area contributed by atoms with Crippen LogP contribution in [0.4, 0.5) is 0 Å². The van der Waals surface area contributed by atoms with E-state index in [-0.39, 0.29) is 23.0 Å². The molecule has 0 saturated carbocycles. The van der Waals surface area contributed by atoms with Crippen molar-refractivity contribution in [3.05, 3.63) is 148 Å². The van der Waals surface area contributed by atoms with Gasteiger partial charge in [-0.15, -0.1) is 4.31 Å². The summed E-state index contributed by atoms with van der Waals surface area (Å²) in [5, 5.41) is 5.59. The number of nitrogens with zero attached hydrogens (tertiary/aromatic N) is 3. The van der Waals surface area contributed by atoms with Gasteiger partial charge in [0.1, 0.15) is 10.4 Å². The second-order valence-corrected chi connectivity index (χ2v) is 24.8. The van der Waals surface area contributed by atoms with Gasteiger partial charge in [-0.05, 0) is 78.4 Å². The first kappa shape index (κ1) is 41.5. The number of benzene rings is 4. The van der Waals surface area contributed by atoms with E-state index in [0.717, 1.165) is 52.9 Å². The Morgan fingerprint density at radius 1 is 0.895 bits per heavy atom. The molecule has 3 heterocycles. The number of amides is 1. The molecule has 10 heteroatoms. The molecule has 57 heavy (non-hydrogen) atoms. The van der Waals surface area contributed by atoms with Gasteiger partial charge in [0, 0.05) is 59.2 Å². The van der Waals surface area contributed by atoms with Gasteiger partial charge in [-0.1, -0.05) is 140 Å². The summed E-state index contributed by atoms with van der Waals surface area (Å²) in [4.78, 5) is 21.7. The molecule has 1 aromatic heterocycles. The minimum atomic E-state index is -2.83. The van der Waals surface area contributed by atoms with Crippen LogP contribution < -0.4 is 15.7 Å². The lowest BCUT2D eigenvalue weighted by Crippen LogP contribution is -2.66. The molecule has 2 aliphatic rings. The molecule has 1 amide bonds. The number of carbonyl (C=O) groups is 1. The van der Waals surface area contributed by atoms with Crippen LogP contribution in [0.25, 0.3) is 11.3 Å². The number of carbonyl (C=O) groups excluding carboxylic acids is 1. The van der Waals surface area contributed by atoms with Crippen LogP contribution in [0.3, 0.4) is 0 Å². The fraction of sp³-hybridized carbons (Fsp3) is 0.362. The Labute approximate surface area is 351 Å². The SMILES string of the molecule is CC(C)(C)[S+]([O-])N1Cc2cc(C(=O)N[C@@H]3CCN(Cc4ccccc4)C3)nc(-c3cccc(Br)c3)c2[C@H]1CCO[Si](c1ccccc1)(c1ccccc1)C(C)(C)C. The molecule has 1 unspecified atom stereocenters. The van der Waals surface area contributed by atoms with Gasteiger partial charge in [0.15, 0.2) is 0 Å². The van der Waals surface area contributed by atoms with Crippen molar-refractivity contribution in [2.45, 2.75) is 89.3 Å². The van der Waals surface area contributed by atoms with Crippen LogP contribution >= 0.6 is 15.9 Å². The maximum atomic E-state index is 14.5. The number of rotatable bonds is 12. The second kappa shape index (κ2) is 17.3. The normalized spacial score (nSPS) is 18.4. The van der Waals surface area contributed by atoms with Crippen LogP contribution in [0.2, 0.25) is 5.04 Å². The van der Waals surface area contributed by atoms with E-state index >= 15 is 0 Å². The van der Waals surface area contributed by atoms with Gasteiger partial charge in [-0.3, -0.25) is 9.69 Å². The van der Waals surface area contributed by atoms with Gasteiger partial charge in [0.25, 0.3) is 14.2 Å². The zero-order chi connectivity index (χ0) is 40.4. The molecule has 7 rings (SSSR count). The first-order chi connectivity index (χ1) is 27.2. The fourth-order valence-corrected chi connectivity index (χ4v) is 15.0. The van der Waals surface area contributed by atoms with E-state index in [4.69, 9.17) is 9.41 Å². The lowest BCUT2D eigenvalue weighted by Gasteiger charge is -2.43. The number of fused-ring (bicyclic) bond motifs is 1. The molecule has 2 aliphatic heterocycles. The molecule has 0 aliphatic carbocycles. The molecule has 7 nitrogen and oxygen atoms in total. The highest BCUT2D eigenvalue weighted by atomic mass is 79.9. The summed E-state index contributed by atoms with van der Waals surface area (Å²) >= 11 is 2.34. The smallest absolute Gasteiger partial charge is 0.270 e. The largest absolute Gasteiger partial charge is 0.597 e. The van der Waals surface area contributed by atoms with E-state index in [9.17, 15) is 9.35 Å². The fourth-order valence-electron chi connectivity index (χ4n) is 8.60. The number of hydrogen-bond acceptors (Lipinski definition) is 6. The minimum absolute atomic E-state index is 0.0295. The van der Waals surface area contributed by atoms with Crippen LogP contribution in [-0.4, -0.2) is 63.5 Å². The molecule has 1 fully saturated rings. The average Bonchev–Trinajstić information content (AvgIpc) is 3.79. The van der Waals surface area contributed by atoms with E-state index in [1.54, 1.807) is 0 Å². The lowest BCUT2D eigenvalue weighted by atomic mass is 9.96. The Hall–Kier alpha value is -3.61. The van der Waals surface area contributed by atoms with Crippen molar-refractivity contribution in [1.29, 1.82) is 0 Å². The van der Waals surface area contributed by atoms with Crippen molar-refractivity contribution in [2.24, 2.45) is 0 Å². The summed E-state index contributed by atoms with van der Waals surface area (Å²) in [6, 6.07) is 41.7. The molecule has 0 spiro atoms. The Morgan fingerprint density at radius 2 is 1.53 bits per heavy atom. The third-order valence-corrected chi connectivity index (χ3v) is 18.6. The van der Waals surface area contributed by atoms with Crippen LogP contribution in [0.5, 0.6) is 0 Å². The Balaban J connectivity index is 1.23. The van der Waals surface area contributed by atoms with Crippen LogP contribution in [0.1, 0.15) is 87.6 Å². The van der Waals surface area contributed by atoms with Crippen LogP contribution in [0.15, 0.2) is 126 Å². The molecule has 4 aromatic carbocycles. The molecule has 298 valence electrons. The monoisotopic (exact) mass is 862 g/mol. The van der Waals surface area contributed by atoms with Crippen LogP contribution in [0, 0.1) is 0 Å². The van der Waals surface area contributed by atoms with Crippen molar-refractivity contribution < 1.29 is 13.8 Å². The van der Waals surface area contributed by atoms with Crippen molar-refractivity contribution in [3.8, 4) is 11.3 Å². The molecule has 5 aromatic rings. The molecule has 0 bridgehead atoms. The van der Waals surface area contributed by atoms with Crippen molar-refractivity contribution in [3.63, 3.8) is 0 Å². The Kier molecular flexibility index (Phi) is 12.6. The highest BCUT2D eigenvalue weighted by Gasteiger charge is 2.51. The summed E-state index contributed by atoms with van der Waals surface area (Å²) in [5.74, 6) is -0.178. The zero-order valence-electron chi connectivity index (χ0n) is 34.0. The van der Waals surface area contributed by atoms with Crippen molar-refractivity contribution in [1.82, 2.24) is 19.5 Å². The first-order valence-corrected chi connectivity index (χ1v) is 23.9. The standard InChI is InChI=1S/C47H55BrN4O3SSi/c1-46(2,3)56(54)52-32-36-30-41(45(53)49-38-25-27-51(33-38)31-34-17-10-7-11-18-34)50-44(35-19-16-20-37(48)29-35)43(36)42(52)26-28-55-57(47(4,5)6,39-21-12-8-13-22-39)40-23-14-9-15-24-40/h7-24,29-30,38,42H,25-28,31-33H2,1-6H3,(H,49,53)/t38-,42-,56?/m1/s1. The van der Waals surface area contributed by atoms with E-state index in [2.05, 4.69) is 142 Å². The van der Waals surface area contributed by atoms with E-state index in [0.29, 0.717) is 25.3 Å². The topological polar surface area (TPSA) is 80.8 Å². The number of halogens is 1. The molecule has 1 N–H and O–H groups in total. The summed E-state index contributed by atoms with van der Waals surface area (Å²) in [7, 11) is -2.83. The minimum Gasteiger partial charge on any atom is -0.597 e. The lowest BCUT2D eigenvalue weighted by molar-refractivity contribution is 0.0932. The third kappa shape index (κ3) is 9.03. The predicted molar refractivity (Wildman–Crippen MR) is 239 cm³/mol. The molecular weight excluding hydrogens is 809 g/mol. The Morgan fingerprint density at radius 3 is 2.12 bits per heavy atom. The van der Waals surface area contributed by atoms with Crippen molar-refractivity contribution >= 4 is 51.9 Å². The highest BCUT2D eigenvalue weighted by molar-refractivity contribution is 9.10. The molecular formula is C47H55BrN4O3SSi. The Bertz CT molecular complexity index is 2110. The van der Waals surface area contributed by atoms with E-state index < -0.39 is 24.4 Å². The highest BCUT2D eigenvalue weighted by Crippen LogP contribution is 2.46.